The Labute approximate surface area is 153 Å². The maximum absolute atomic E-state index is 13.0. The first-order valence-electron chi connectivity index (χ1n) is 8.04. The SMILES string of the molecule is Cc1cc(-c2cccc(C(F)(F)F)c2)c(=O)n(Cc2ccccc2C#N)n1. The largest absolute Gasteiger partial charge is 0.416 e. The maximum Gasteiger partial charge on any atom is 0.416 e. The third-order valence-electron chi connectivity index (χ3n) is 4.06. The van der Waals surface area contributed by atoms with Crippen molar-refractivity contribution in [2.45, 2.75) is 19.6 Å². The van der Waals surface area contributed by atoms with E-state index in [0.717, 1.165) is 12.1 Å². The van der Waals surface area contributed by atoms with Crippen LogP contribution in [0.15, 0.2) is 59.4 Å². The highest BCUT2D eigenvalue weighted by Crippen LogP contribution is 2.31. The topological polar surface area (TPSA) is 58.7 Å². The van der Waals surface area contributed by atoms with Gasteiger partial charge in [-0.05, 0) is 42.3 Å². The Balaban J connectivity index is 2.10. The van der Waals surface area contributed by atoms with Crippen LogP contribution in [0.3, 0.4) is 0 Å². The second kappa shape index (κ2) is 7.08. The third kappa shape index (κ3) is 3.90. The van der Waals surface area contributed by atoms with Crippen molar-refractivity contribution in [3.63, 3.8) is 0 Å². The Bertz CT molecular complexity index is 1090. The lowest BCUT2D eigenvalue weighted by Crippen LogP contribution is -2.26. The molecule has 0 N–H and O–H groups in total. The van der Waals surface area contributed by atoms with Gasteiger partial charge in [0.25, 0.3) is 5.56 Å². The second-order valence-electron chi connectivity index (χ2n) is 6.01. The van der Waals surface area contributed by atoms with Crippen LogP contribution in [0.5, 0.6) is 0 Å². The molecule has 2 aromatic carbocycles. The second-order valence-corrected chi connectivity index (χ2v) is 6.01. The molecule has 4 nitrogen and oxygen atoms in total. The van der Waals surface area contributed by atoms with Crippen LogP contribution in [0.4, 0.5) is 13.2 Å². The van der Waals surface area contributed by atoms with Crippen LogP contribution in [-0.2, 0) is 12.7 Å². The van der Waals surface area contributed by atoms with Crippen molar-refractivity contribution < 1.29 is 13.2 Å². The smallest absolute Gasteiger partial charge is 0.267 e. The molecule has 0 spiro atoms. The fourth-order valence-corrected chi connectivity index (χ4v) is 2.78. The normalized spacial score (nSPS) is 11.2. The first-order chi connectivity index (χ1) is 12.8. The van der Waals surface area contributed by atoms with E-state index in [9.17, 15) is 23.2 Å². The zero-order valence-corrected chi connectivity index (χ0v) is 14.3. The van der Waals surface area contributed by atoms with Gasteiger partial charge in [0.1, 0.15) is 0 Å². The molecule has 7 heteroatoms. The van der Waals surface area contributed by atoms with E-state index < -0.39 is 17.3 Å². The summed E-state index contributed by atoms with van der Waals surface area (Å²) in [5.41, 5.74) is 0.452. The lowest BCUT2D eigenvalue weighted by Gasteiger charge is -2.12. The number of nitriles is 1. The number of rotatable bonds is 3. The van der Waals surface area contributed by atoms with E-state index in [2.05, 4.69) is 11.2 Å². The van der Waals surface area contributed by atoms with Gasteiger partial charge < -0.3 is 0 Å². The van der Waals surface area contributed by atoms with E-state index in [-0.39, 0.29) is 17.7 Å². The minimum absolute atomic E-state index is 0.0518. The van der Waals surface area contributed by atoms with Gasteiger partial charge in [0.05, 0.1) is 35.0 Å². The molecule has 0 radical (unpaired) electrons. The summed E-state index contributed by atoms with van der Waals surface area (Å²) in [7, 11) is 0. The Morgan fingerprint density at radius 2 is 1.85 bits per heavy atom. The minimum atomic E-state index is -4.50. The number of hydrogen-bond acceptors (Lipinski definition) is 3. The van der Waals surface area contributed by atoms with E-state index in [0.29, 0.717) is 16.8 Å². The van der Waals surface area contributed by atoms with E-state index >= 15 is 0 Å². The summed E-state index contributed by atoms with van der Waals surface area (Å²) in [5, 5.41) is 13.4. The first kappa shape index (κ1) is 18.4. The molecular formula is C20H14F3N3O. The van der Waals surface area contributed by atoms with E-state index in [4.69, 9.17) is 0 Å². The monoisotopic (exact) mass is 369 g/mol. The standard InChI is InChI=1S/C20H14F3N3O/c1-13-9-18(14-7-4-8-17(10-14)20(21,22)23)19(27)26(25-13)12-16-6-3-2-5-15(16)11-24/h2-10H,12H2,1H3. The number of halogens is 3. The molecule has 0 aliphatic rings. The number of hydrogen-bond donors (Lipinski definition) is 0. The number of nitrogens with zero attached hydrogens (tertiary/aromatic N) is 3. The molecule has 1 heterocycles. The van der Waals surface area contributed by atoms with Gasteiger partial charge in [0.15, 0.2) is 0 Å². The average molecular weight is 369 g/mol. The van der Waals surface area contributed by atoms with Gasteiger partial charge in [-0.3, -0.25) is 4.79 Å². The van der Waals surface area contributed by atoms with Crippen LogP contribution >= 0.6 is 0 Å². The molecule has 0 aliphatic heterocycles. The van der Waals surface area contributed by atoms with Crippen molar-refractivity contribution in [2.75, 3.05) is 0 Å². The summed E-state index contributed by atoms with van der Waals surface area (Å²) in [6, 6.07) is 14.9. The molecule has 0 saturated heterocycles. The molecule has 0 saturated carbocycles. The average Bonchev–Trinajstić information content (AvgIpc) is 2.64. The Morgan fingerprint density at radius 1 is 1.11 bits per heavy atom. The molecule has 136 valence electrons. The first-order valence-corrected chi connectivity index (χ1v) is 8.04. The fourth-order valence-electron chi connectivity index (χ4n) is 2.78. The molecule has 0 bridgehead atoms. The van der Waals surface area contributed by atoms with E-state index in [1.54, 1.807) is 31.2 Å². The number of benzene rings is 2. The molecule has 0 amide bonds. The molecule has 0 aliphatic carbocycles. The highest BCUT2D eigenvalue weighted by atomic mass is 19.4. The van der Waals surface area contributed by atoms with Gasteiger partial charge in [-0.2, -0.15) is 23.5 Å². The summed E-state index contributed by atoms with van der Waals surface area (Å²) in [5.74, 6) is 0. The molecular weight excluding hydrogens is 355 g/mol. The molecule has 3 aromatic rings. The Hall–Kier alpha value is -3.40. The van der Waals surface area contributed by atoms with Crippen LogP contribution in [-0.4, -0.2) is 9.78 Å². The van der Waals surface area contributed by atoms with Gasteiger partial charge in [0.2, 0.25) is 0 Å². The van der Waals surface area contributed by atoms with Crippen molar-refractivity contribution in [3.05, 3.63) is 87.3 Å². The molecule has 3 rings (SSSR count). The van der Waals surface area contributed by atoms with Crippen LogP contribution in [0.25, 0.3) is 11.1 Å². The molecule has 0 fully saturated rings. The molecule has 27 heavy (non-hydrogen) atoms. The van der Waals surface area contributed by atoms with Crippen LogP contribution in [0.2, 0.25) is 0 Å². The summed E-state index contributed by atoms with van der Waals surface area (Å²) >= 11 is 0. The van der Waals surface area contributed by atoms with Crippen molar-refractivity contribution in [2.24, 2.45) is 0 Å². The predicted molar refractivity (Wildman–Crippen MR) is 93.9 cm³/mol. The molecule has 1 aromatic heterocycles. The molecule has 0 unspecified atom stereocenters. The zero-order valence-electron chi connectivity index (χ0n) is 14.3. The predicted octanol–water partition coefficient (Wildman–Crippen LogP) is 4.16. The van der Waals surface area contributed by atoms with Crippen molar-refractivity contribution in [1.29, 1.82) is 5.26 Å². The van der Waals surface area contributed by atoms with Crippen LogP contribution in [0.1, 0.15) is 22.4 Å². The van der Waals surface area contributed by atoms with Crippen molar-refractivity contribution in [3.8, 4) is 17.2 Å². The lowest BCUT2D eigenvalue weighted by molar-refractivity contribution is -0.137. The summed E-state index contributed by atoms with van der Waals surface area (Å²) in [6.07, 6.45) is -4.50. The Morgan fingerprint density at radius 3 is 2.56 bits per heavy atom. The molecule has 0 atom stereocenters. The highest BCUT2D eigenvalue weighted by molar-refractivity contribution is 5.63. The zero-order chi connectivity index (χ0) is 19.6. The van der Waals surface area contributed by atoms with Crippen molar-refractivity contribution in [1.82, 2.24) is 9.78 Å². The van der Waals surface area contributed by atoms with Gasteiger partial charge in [0, 0.05) is 0 Å². The number of aryl methyl sites for hydroxylation is 1. The van der Waals surface area contributed by atoms with Crippen LogP contribution in [0, 0.1) is 18.3 Å². The lowest BCUT2D eigenvalue weighted by atomic mass is 10.0. The quantitative estimate of drug-likeness (QED) is 0.697. The van der Waals surface area contributed by atoms with E-state index in [1.807, 2.05) is 0 Å². The third-order valence-corrected chi connectivity index (χ3v) is 4.06. The van der Waals surface area contributed by atoms with Gasteiger partial charge in [-0.15, -0.1) is 0 Å². The number of aromatic nitrogens is 2. The van der Waals surface area contributed by atoms with Gasteiger partial charge in [-0.25, -0.2) is 4.68 Å². The van der Waals surface area contributed by atoms with Crippen LogP contribution < -0.4 is 5.56 Å². The van der Waals surface area contributed by atoms with E-state index in [1.165, 1.54) is 22.9 Å². The summed E-state index contributed by atoms with van der Waals surface area (Å²) in [4.78, 5) is 12.8. The Kier molecular flexibility index (Phi) is 4.82. The highest BCUT2D eigenvalue weighted by Gasteiger charge is 2.30. The summed E-state index contributed by atoms with van der Waals surface area (Å²) < 4.78 is 40.1. The minimum Gasteiger partial charge on any atom is -0.267 e. The van der Waals surface area contributed by atoms with Crippen molar-refractivity contribution >= 4 is 0 Å². The van der Waals surface area contributed by atoms with Gasteiger partial charge >= 0.3 is 6.18 Å². The summed E-state index contributed by atoms with van der Waals surface area (Å²) in [6.45, 7) is 1.71. The number of alkyl halides is 3. The fraction of sp³-hybridized carbons (Fsp3) is 0.150. The van der Waals surface area contributed by atoms with Gasteiger partial charge in [-0.1, -0.05) is 30.3 Å². The maximum atomic E-state index is 13.0.